The van der Waals surface area contributed by atoms with Crippen molar-refractivity contribution in [2.75, 3.05) is 23.7 Å². The molecule has 0 amide bonds. The molecule has 0 saturated carbocycles. The quantitative estimate of drug-likeness (QED) is 0.643. The largest absolute Gasteiger partial charge is 0.397 e. The Hall–Kier alpha value is -1.55. The number of Topliss-reactive ketones (excluding diaryl/α,β-unsaturated/α-hetero) is 1. The average Bonchev–Trinajstić information content (AvgIpc) is 2.27. The fourth-order valence-corrected chi connectivity index (χ4v) is 2.44. The number of ketones is 1. The van der Waals surface area contributed by atoms with Crippen LogP contribution in [0.15, 0.2) is 18.2 Å². The van der Waals surface area contributed by atoms with E-state index in [1.54, 1.807) is 13.0 Å². The molecule has 0 aliphatic carbocycles. The first-order valence-corrected chi connectivity index (χ1v) is 6.28. The molecule has 1 aromatic rings. The van der Waals surface area contributed by atoms with Gasteiger partial charge in [-0.25, -0.2) is 0 Å². The molecule has 4 heteroatoms. The fraction of sp³-hybridized carbons (Fsp3) is 0.500. The molecular weight excluding hydrogens is 228 g/mol. The fourth-order valence-electron chi connectivity index (χ4n) is 2.44. The van der Waals surface area contributed by atoms with Crippen molar-refractivity contribution >= 4 is 17.2 Å². The lowest BCUT2D eigenvalue weighted by atomic mass is 10.1. The molecule has 0 radical (unpaired) electrons. The number of nitrogens with two attached hydrogens (primary N) is 1. The summed E-state index contributed by atoms with van der Waals surface area (Å²) in [6.07, 6.45) is 0.390. The number of ether oxygens (including phenoxy) is 1. The monoisotopic (exact) mass is 248 g/mol. The highest BCUT2D eigenvalue weighted by atomic mass is 16.5. The summed E-state index contributed by atoms with van der Waals surface area (Å²) in [5.41, 5.74) is 8.35. The predicted molar refractivity (Wildman–Crippen MR) is 73.1 cm³/mol. The average molecular weight is 248 g/mol. The van der Waals surface area contributed by atoms with Crippen LogP contribution in [0.3, 0.4) is 0 Å². The second-order valence-corrected chi connectivity index (χ2v) is 4.99. The van der Waals surface area contributed by atoms with Gasteiger partial charge in [0.1, 0.15) is 0 Å². The Balaban J connectivity index is 2.25. The molecule has 2 atom stereocenters. The van der Waals surface area contributed by atoms with Gasteiger partial charge in [-0.05, 0) is 39.0 Å². The molecular formula is C14H20N2O2. The second-order valence-electron chi connectivity index (χ2n) is 4.99. The Kier molecular flexibility index (Phi) is 3.57. The summed E-state index contributed by atoms with van der Waals surface area (Å²) < 4.78 is 5.70. The molecule has 4 nitrogen and oxygen atoms in total. The molecule has 2 rings (SSSR count). The molecule has 0 aromatic heterocycles. The van der Waals surface area contributed by atoms with Crippen molar-refractivity contribution in [1.29, 1.82) is 0 Å². The van der Waals surface area contributed by atoms with Crippen LogP contribution in [0.25, 0.3) is 0 Å². The van der Waals surface area contributed by atoms with E-state index in [4.69, 9.17) is 10.5 Å². The summed E-state index contributed by atoms with van der Waals surface area (Å²) in [5.74, 6) is 0.0389. The van der Waals surface area contributed by atoms with E-state index in [1.165, 1.54) is 0 Å². The van der Waals surface area contributed by atoms with E-state index in [-0.39, 0.29) is 18.0 Å². The van der Waals surface area contributed by atoms with E-state index in [0.29, 0.717) is 11.3 Å². The van der Waals surface area contributed by atoms with Gasteiger partial charge in [0.2, 0.25) is 0 Å². The summed E-state index contributed by atoms with van der Waals surface area (Å²) in [6, 6.07) is 5.51. The van der Waals surface area contributed by atoms with Crippen LogP contribution >= 0.6 is 0 Å². The lowest BCUT2D eigenvalue weighted by Crippen LogP contribution is -2.45. The minimum Gasteiger partial charge on any atom is -0.397 e. The zero-order valence-corrected chi connectivity index (χ0v) is 11.1. The van der Waals surface area contributed by atoms with E-state index < -0.39 is 0 Å². The van der Waals surface area contributed by atoms with Gasteiger partial charge in [0, 0.05) is 18.7 Å². The number of nitrogens with zero attached hydrogens (tertiary/aromatic N) is 1. The second kappa shape index (κ2) is 4.98. The van der Waals surface area contributed by atoms with Crippen LogP contribution in [0.5, 0.6) is 0 Å². The molecule has 1 aliphatic rings. The highest BCUT2D eigenvalue weighted by Crippen LogP contribution is 2.27. The number of morpholine rings is 1. The first kappa shape index (κ1) is 12.9. The number of rotatable bonds is 2. The topological polar surface area (TPSA) is 55.6 Å². The van der Waals surface area contributed by atoms with Crippen LogP contribution in [0.2, 0.25) is 0 Å². The minimum absolute atomic E-state index is 0.0389. The number of benzene rings is 1. The maximum Gasteiger partial charge on any atom is 0.159 e. The molecule has 1 saturated heterocycles. The number of hydrogen-bond acceptors (Lipinski definition) is 4. The van der Waals surface area contributed by atoms with Gasteiger partial charge in [0.05, 0.1) is 23.6 Å². The molecule has 2 N–H and O–H groups in total. The number of anilines is 2. The third kappa shape index (κ3) is 2.64. The molecule has 1 aliphatic heterocycles. The lowest BCUT2D eigenvalue weighted by Gasteiger charge is -2.37. The Bertz CT molecular complexity index is 449. The molecule has 98 valence electrons. The van der Waals surface area contributed by atoms with Crippen LogP contribution in [0.4, 0.5) is 11.4 Å². The minimum atomic E-state index is 0.0389. The zero-order chi connectivity index (χ0) is 13.3. The first-order valence-electron chi connectivity index (χ1n) is 6.28. The van der Waals surface area contributed by atoms with Gasteiger partial charge in [-0.15, -0.1) is 0 Å². The van der Waals surface area contributed by atoms with E-state index in [0.717, 1.165) is 18.8 Å². The molecule has 0 spiro atoms. The smallest absolute Gasteiger partial charge is 0.159 e. The van der Waals surface area contributed by atoms with Gasteiger partial charge in [-0.3, -0.25) is 4.79 Å². The summed E-state index contributed by atoms with van der Waals surface area (Å²) in [5, 5.41) is 0. The van der Waals surface area contributed by atoms with Crippen LogP contribution in [-0.4, -0.2) is 31.1 Å². The van der Waals surface area contributed by atoms with Crippen LogP contribution < -0.4 is 10.6 Å². The van der Waals surface area contributed by atoms with Crippen LogP contribution in [-0.2, 0) is 4.74 Å². The van der Waals surface area contributed by atoms with E-state index in [9.17, 15) is 4.79 Å². The normalized spacial score (nSPS) is 24.1. The van der Waals surface area contributed by atoms with Gasteiger partial charge in [-0.1, -0.05) is 0 Å². The molecule has 0 bridgehead atoms. The highest BCUT2D eigenvalue weighted by molar-refractivity contribution is 5.96. The van der Waals surface area contributed by atoms with E-state index in [2.05, 4.69) is 18.7 Å². The van der Waals surface area contributed by atoms with Crippen molar-refractivity contribution in [3.05, 3.63) is 23.8 Å². The standard InChI is InChI=1S/C14H20N2O2/c1-9-7-16(8-10(2)18-9)14-5-4-12(11(3)17)6-13(14)15/h4-6,9-10H,7-8,15H2,1-3H3/t9-,10-/m0/s1. The maximum atomic E-state index is 11.3. The molecule has 1 heterocycles. The number of nitrogen functional groups attached to an aromatic ring is 1. The van der Waals surface area contributed by atoms with Crippen LogP contribution in [0, 0.1) is 0 Å². The Morgan fingerprint density at radius 2 is 1.94 bits per heavy atom. The Morgan fingerprint density at radius 1 is 1.33 bits per heavy atom. The molecule has 0 unspecified atom stereocenters. The lowest BCUT2D eigenvalue weighted by molar-refractivity contribution is -0.00517. The van der Waals surface area contributed by atoms with Crippen molar-refractivity contribution < 1.29 is 9.53 Å². The summed E-state index contributed by atoms with van der Waals surface area (Å²) in [6.45, 7) is 7.32. The van der Waals surface area contributed by atoms with Gasteiger partial charge >= 0.3 is 0 Å². The molecule has 18 heavy (non-hydrogen) atoms. The number of hydrogen-bond donors (Lipinski definition) is 1. The third-order valence-corrected chi connectivity index (χ3v) is 3.19. The molecule has 1 aromatic carbocycles. The van der Waals surface area contributed by atoms with E-state index >= 15 is 0 Å². The Morgan fingerprint density at radius 3 is 2.44 bits per heavy atom. The molecule has 1 fully saturated rings. The van der Waals surface area contributed by atoms with Gasteiger partial charge in [0.15, 0.2) is 5.78 Å². The van der Waals surface area contributed by atoms with Crippen LogP contribution in [0.1, 0.15) is 31.1 Å². The zero-order valence-electron chi connectivity index (χ0n) is 11.1. The summed E-state index contributed by atoms with van der Waals surface area (Å²) in [4.78, 5) is 13.5. The number of carbonyl (C=O) groups excluding carboxylic acids is 1. The SMILES string of the molecule is CC(=O)c1ccc(N2C[C@H](C)O[C@@H](C)C2)c(N)c1. The third-order valence-electron chi connectivity index (χ3n) is 3.19. The predicted octanol–water partition coefficient (Wildman–Crippen LogP) is 2.08. The number of carbonyl (C=O) groups is 1. The van der Waals surface area contributed by atoms with Crippen molar-refractivity contribution in [3.8, 4) is 0 Å². The Labute approximate surface area is 108 Å². The van der Waals surface area contributed by atoms with Gasteiger partial charge < -0.3 is 15.4 Å². The van der Waals surface area contributed by atoms with E-state index in [1.807, 2.05) is 12.1 Å². The van der Waals surface area contributed by atoms with Crippen molar-refractivity contribution in [2.45, 2.75) is 33.0 Å². The van der Waals surface area contributed by atoms with Crippen molar-refractivity contribution in [2.24, 2.45) is 0 Å². The van der Waals surface area contributed by atoms with Gasteiger partial charge in [-0.2, -0.15) is 0 Å². The maximum absolute atomic E-state index is 11.3. The van der Waals surface area contributed by atoms with Crippen molar-refractivity contribution in [3.63, 3.8) is 0 Å². The highest BCUT2D eigenvalue weighted by Gasteiger charge is 2.23. The van der Waals surface area contributed by atoms with Crippen molar-refractivity contribution in [1.82, 2.24) is 0 Å². The van der Waals surface area contributed by atoms with Gasteiger partial charge in [0.25, 0.3) is 0 Å². The first-order chi connectivity index (χ1) is 8.47. The summed E-state index contributed by atoms with van der Waals surface area (Å²) in [7, 11) is 0. The summed E-state index contributed by atoms with van der Waals surface area (Å²) >= 11 is 0.